The molecule has 0 atom stereocenters. The normalized spacial score (nSPS) is 14.6. The first-order chi connectivity index (χ1) is 26.3. The van der Waals surface area contributed by atoms with Gasteiger partial charge in [-0.3, -0.25) is 0 Å². The third-order valence-electron chi connectivity index (χ3n) is 12.4. The number of rotatable bonds is 4. The van der Waals surface area contributed by atoms with E-state index in [0.29, 0.717) is 0 Å². The molecule has 0 saturated heterocycles. The van der Waals surface area contributed by atoms with Gasteiger partial charge in [0.2, 0.25) is 0 Å². The number of nitrogens with zero attached hydrogens (tertiary/aromatic N) is 1. The molecule has 0 amide bonds. The molecule has 258 valence electrons. The summed E-state index contributed by atoms with van der Waals surface area (Å²) >= 11 is 0. The minimum atomic E-state index is -0.195. The highest BCUT2D eigenvalue weighted by Gasteiger charge is 2.40. The van der Waals surface area contributed by atoms with Crippen LogP contribution in [0.3, 0.4) is 0 Å². The maximum Gasteiger partial charge on any atom is 0.136 e. The molecule has 11 rings (SSSR count). The number of furan rings is 1. The highest BCUT2D eigenvalue weighted by molar-refractivity contribution is 6.11. The summed E-state index contributed by atoms with van der Waals surface area (Å²) in [4.78, 5) is 2.53. The SMILES string of the molecule is CC1(C)c2ccccc2-c2ccc(N(c3ccccc3-c3ccc4oc5cc6ccccc6cc5c4c3)c3cccc4c3C(C)(C)c3ccccc3-4)cc21. The maximum absolute atomic E-state index is 6.45. The van der Waals surface area contributed by atoms with Crippen molar-refractivity contribution in [3.05, 3.63) is 186 Å². The molecule has 8 aromatic carbocycles. The van der Waals surface area contributed by atoms with E-state index in [-0.39, 0.29) is 10.8 Å². The Morgan fingerprint density at radius 1 is 0.407 bits per heavy atom. The molecule has 2 aliphatic rings. The number of benzene rings is 8. The maximum atomic E-state index is 6.45. The lowest BCUT2D eigenvalue weighted by Gasteiger charge is -2.34. The van der Waals surface area contributed by atoms with Crippen LogP contribution in [-0.4, -0.2) is 0 Å². The fourth-order valence-electron chi connectivity index (χ4n) is 9.79. The summed E-state index contributed by atoms with van der Waals surface area (Å²) in [6.07, 6.45) is 0. The quantitative estimate of drug-likeness (QED) is 0.182. The molecule has 0 radical (unpaired) electrons. The lowest BCUT2D eigenvalue weighted by Crippen LogP contribution is -2.21. The van der Waals surface area contributed by atoms with E-state index in [4.69, 9.17) is 4.42 Å². The molecular weight excluding hydrogens is 655 g/mol. The Kier molecular flexibility index (Phi) is 6.39. The second-order valence-corrected chi connectivity index (χ2v) is 16.1. The molecule has 0 aliphatic heterocycles. The number of anilines is 3. The van der Waals surface area contributed by atoms with Crippen molar-refractivity contribution in [3.63, 3.8) is 0 Å². The van der Waals surface area contributed by atoms with E-state index in [1.165, 1.54) is 66.5 Å². The van der Waals surface area contributed by atoms with Gasteiger partial charge in [-0.25, -0.2) is 0 Å². The Morgan fingerprint density at radius 2 is 1.00 bits per heavy atom. The van der Waals surface area contributed by atoms with Crippen LogP contribution in [-0.2, 0) is 10.8 Å². The molecule has 1 heterocycles. The van der Waals surface area contributed by atoms with Crippen molar-refractivity contribution < 1.29 is 4.42 Å². The van der Waals surface area contributed by atoms with Crippen LogP contribution in [0.2, 0.25) is 0 Å². The fraction of sp³-hybridized carbons (Fsp3) is 0.115. The van der Waals surface area contributed by atoms with Crippen LogP contribution >= 0.6 is 0 Å². The van der Waals surface area contributed by atoms with Gasteiger partial charge in [-0.05, 0) is 109 Å². The van der Waals surface area contributed by atoms with Gasteiger partial charge in [-0.1, -0.05) is 143 Å². The Balaban J connectivity index is 1.16. The smallest absolute Gasteiger partial charge is 0.136 e. The van der Waals surface area contributed by atoms with Gasteiger partial charge in [-0.15, -0.1) is 0 Å². The second kappa shape index (κ2) is 11.1. The van der Waals surface area contributed by atoms with E-state index in [2.05, 4.69) is 196 Å². The summed E-state index contributed by atoms with van der Waals surface area (Å²) in [5.41, 5.74) is 18.1. The average molecular weight is 694 g/mol. The molecule has 0 fully saturated rings. The van der Waals surface area contributed by atoms with Crippen molar-refractivity contribution in [1.29, 1.82) is 0 Å². The number of hydrogen-bond acceptors (Lipinski definition) is 2. The first-order valence-electron chi connectivity index (χ1n) is 19.0. The van der Waals surface area contributed by atoms with Gasteiger partial charge in [0.05, 0.1) is 11.4 Å². The van der Waals surface area contributed by atoms with Crippen molar-refractivity contribution in [2.45, 2.75) is 38.5 Å². The van der Waals surface area contributed by atoms with Gasteiger partial charge in [0, 0.05) is 32.9 Å². The molecule has 0 unspecified atom stereocenters. The molecule has 9 aromatic rings. The average Bonchev–Trinajstić information content (AvgIpc) is 3.76. The zero-order chi connectivity index (χ0) is 36.3. The van der Waals surface area contributed by atoms with Crippen LogP contribution in [0.1, 0.15) is 49.9 Å². The standard InChI is InChI=1S/C52H39NO/c1-51(2)43-20-10-7-17-37(43)39-26-25-35(31-45(39)51)53(47-23-13-19-40-38-18-8-11-21-44(38)52(3,4)50(40)47)46-22-12-9-16-36(46)34-24-27-48-41(29-34)42-28-32-14-5-6-15-33(32)30-49(42)54-48/h5-31H,1-4H3. The molecule has 54 heavy (non-hydrogen) atoms. The summed E-state index contributed by atoms with van der Waals surface area (Å²) < 4.78 is 6.45. The van der Waals surface area contributed by atoms with Gasteiger partial charge < -0.3 is 9.32 Å². The van der Waals surface area contributed by atoms with Crippen molar-refractivity contribution in [1.82, 2.24) is 0 Å². The zero-order valence-corrected chi connectivity index (χ0v) is 30.9. The number of hydrogen-bond donors (Lipinski definition) is 0. The highest BCUT2D eigenvalue weighted by atomic mass is 16.3. The van der Waals surface area contributed by atoms with Crippen molar-refractivity contribution in [3.8, 4) is 33.4 Å². The highest BCUT2D eigenvalue weighted by Crippen LogP contribution is 2.56. The van der Waals surface area contributed by atoms with Crippen LogP contribution < -0.4 is 4.90 Å². The second-order valence-electron chi connectivity index (χ2n) is 16.1. The molecule has 0 bridgehead atoms. The van der Waals surface area contributed by atoms with Crippen LogP contribution in [0, 0.1) is 0 Å². The summed E-state index contributed by atoms with van der Waals surface area (Å²) in [5, 5.41) is 4.67. The third-order valence-corrected chi connectivity index (χ3v) is 12.4. The third kappa shape index (κ3) is 4.28. The minimum Gasteiger partial charge on any atom is -0.456 e. The van der Waals surface area contributed by atoms with Crippen LogP contribution in [0.25, 0.3) is 66.1 Å². The Hall–Kier alpha value is -6.38. The minimum absolute atomic E-state index is 0.126. The van der Waals surface area contributed by atoms with Crippen LogP contribution in [0.15, 0.2) is 168 Å². The van der Waals surface area contributed by atoms with Crippen molar-refractivity contribution in [2.24, 2.45) is 0 Å². The molecule has 1 aromatic heterocycles. The Bertz CT molecular complexity index is 3010. The lowest BCUT2D eigenvalue weighted by molar-refractivity contribution is 0.658. The van der Waals surface area contributed by atoms with E-state index >= 15 is 0 Å². The largest absolute Gasteiger partial charge is 0.456 e. The van der Waals surface area contributed by atoms with Crippen LogP contribution in [0.5, 0.6) is 0 Å². The topological polar surface area (TPSA) is 16.4 Å². The van der Waals surface area contributed by atoms with E-state index in [0.717, 1.165) is 38.9 Å². The zero-order valence-electron chi connectivity index (χ0n) is 30.9. The van der Waals surface area contributed by atoms with E-state index in [1.54, 1.807) is 0 Å². The molecule has 2 heteroatoms. The van der Waals surface area contributed by atoms with E-state index in [9.17, 15) is 0 Å². The van der Waals surface area contributed by atoms with Gasteiger partial charge in [0.15, 0.2) is 0 Å². The van der Waals surface area contributed by atoms with Gasteiger partial charge in [-0.2, -0.15) is 0 Å². The lowest BCUT2D eigenvalue weighted by atomic mass is 9.80. The van der Waals surface area contributed by atoms with E-state index in [1.807, 2.05) is 0 Å². The first-order valence-corrected chi connectivity index (χ1v) is 19.0. The summed E-state index contributed by atoms with van der Waals surface area (Å²) in [5.74, 6) is 0. The predicted octanol–water partition coefficient (Wildman–Crippen LogP) is 14.5. The summed E-state index contributed by atoms with van der Waals surface area (Å²) in [6, 6.07) is 60.4. The molecule has 2 nitrogen and oxygen atoms in total. The predicted molar refractivity (Wildman–Crippen MR) is 226 cm³/mol. The van der Waals surface area contributed by atoms with Gasteiger partial charge in [0.25, 0.3) is 0 Å². The summed E-state index contributed by atoms with van der Waals surface area (Å²) in [6.45, 7) is 9.51. The molecule has 2 aliphatic carbocycles. The Labute approximate surface area is 315 Å². The fourth-order valence-corrected chi connectivity index (χ4v) is 9.79. The molecule has 0 spiro atoms. The summed E-state index contributed by atoms with van der Waals surface area (Å²) in [7, 11) is 0. The van der Waals surface area contributed by atoms with Gasteiger partial charge in [0.1, 0.15) is 11.2 Å². The first kappa shape index (κ1) is 31.2. The number of para-hydroxylation sites is 1. The molecular formula is C52H39NO. The molecule has 0 saturated carbocycles. The monoisotopic (exact) mass is 693 g/mol. The van der Waals surface area contributed by atoms with E-state index < -0.39 is 0 Å². The number of fused-ring (bicyclic) bond motifs is 10. The molecule has 0 N–H and O–H groups in total. The van der Waals surface area contributed by atoms with Crippen molar-refractivity contribution >= 4 is 49.8 Å². The Morgan fingerprint density at radius 3 is 1.80 bits per heavy atom. The van der Waals surface area contributed by atoms with Crippen molar-refractivity contribution in [2.75, 3.05) is 4.90 Å². The van der Waals surface area contributed by atoms with Gasteiger partial charge >= 0.3 is 0 Å². The van der Waals surface area contributed by atoms with Crippen LogP contribution in [0.4, 0.5) is 17.1 Å².